The first-order valence-electron chi connectivity index (χ1n) is 11.8. The van der Waals surface area contributed by atoms with E-state index in [2.05, 4.69) is 10.0 Å². The molecule has 0 aliphatic rings. The number of hydrogen-bond donors (Lipinski definition) is 2. The van der Waals surface area contributed by atoms with Crippen molar-refractivity contribution in [3.63, 3.8) is 0 Å². The normalized spacial score (nSPS) is 12.1. The predicted molar refractivity (Wildman–Crippen MR) is 145 cm³/mol. The van der Waals surface area contributed by atoms with Gasteiger partial charge in [-0.05, 0) is 68.1 Å². The lowest BCUT2D eigenvalue weighted by Gasteiger charge is -2.21. The minimum Gasteiger partial charge on any atom is -0.341 e. The van der Waals surface area contributed by atoms with Gasteiger partial charge in [-0.1, -0.05) is 83.9 Å². The Kier molecular flexibility index (Phi) is 7.27. The van der Waals surface area contributed by atoms with Crippen LogP contribution in [0.1, 0.15) is 49.8 Å². The van der Waals surface area contributed by atoms with E-state index in [9.17, 15) is 13.2 Å². The molecule has 0 unspecified atom stereocenters. The van der Waals surface area contributed by atoms with Crippen molar-refractivity contribution >= 4 is 21.6 Å². The van der Waals surface area contributed by atoms with E-state index in [-0.39, 0.29) is 22.4 Å². The number of nitrogens with one attached hydrogen (secondary N) is 2. The molecule has 1 atom stereocenters. The number of benzene rings is 4. The van der Waals surface area contributed by atoms with Gasteiger partial charge in [0.1, 0.15) is 0 Å². The van der Waals surface area contributed by atoms with Crippen LogP contribution in [0, 0.1) is 27.7 Å². The Hall–Kier alpha value is -3.90. The van der Waals surface area contributed by atoms with Crippen molar-refractivity contribution in [2.24, 2.45) is 0 Å². The number of anilines is 1. The number of sulfonamides is 1. The fraction of sp³-hybridized carbons (Fsp3) is 0.167. The molecular weight excluding hydrogens is 468 g/mol. The molecule has 0 radical (unpaired) electrons. The largest absolute Gasteiger partial charge is 0.341 e. The van der Waals surface area contributed by atoms with Crippen molar-refractivity contribution < 1.29 is 13.2 Å². The zero-order valence-electron chi connectivity index (χ0n) is 20.9. The Morgan fingerprint density at radius 2 is 1.33 bits per heavy atom. The van der Waals surface area contributed by atoms with Gasteiger partial charge in [0.05, 0.1) is 16.6 Å². The van der Waals surface area contributed by atoms with Crippen LogP contribution in [-0.2, 0) is 10.0 Å². The molecule has 1 amide bonds. The van der Waals surface area contributed by atoms with Gasteiger partial charge in [-0.3, -0.25) is 9.52 Å². The molecule has 4 aromatic carbocycles. The standard InChI is InChI=1S/C30H30N2O3S/c1-20-10-14-25(15-11-20)29(24-8-6-5-7-9-24)31-30(33)26-16-13-22(3)28(19-26)36(34,35)32-27-17-12-21(2)18-23(27)4/h5-19,29,32H,1-4H3,(H,31,33)/t29-/m1/s1. The van der Waals surface area contributed by atoms with Crippen molar-refractivity contribution in [1.29, 1.82) is 0 Å². The number of amides is 1. The van der Waals surface area contributed by atoms with E-state index in [0.29, 0.717) is 11.3 Å². The van der Waals surface area contributed by atoms with Crippen LogP contribution in [-0.4, -0.2) is 14.3 Å². The fourth-order valence-corrected chi connectivity index (χ4v) is 5.54. The van der Waals surface area contributed by atoms with E-state index >= 15 is 0 Å². The smallest absolute Gasteiger partial charge is 0.262 e. The summed E-state index contributed by atoms with van der Waals surface area (Å²) in [6.45, 7) is 7.55. The molecule has 0 heterocycles. The lowest BCUT2D eigenvalue weighted by atomic mass is 9.97. The van der Waals surface area contributed by atoms with E-state index < -0.39 is 10.0 Å². The van der Waals surface area contributed by atoms with Crippen molar-refractivity contribution in [3.8, 4) is 0 Å². The van der Waals surface area contributed by atoms with E-state index in [1.54, 1.807) is 25.1 Å². The molecule has 5 nitrogen and oxygen atoms in total. The Morgan fingerprint density at radius 1 is 0.694 bits per heavy atom. The molecule has 0 fully saturated rings. The first-order valence-corrected chi connectivity index (χ1v) is 13.3. The van der Waals surface area contributed by atoms with Crippen LogP contribution >= 0.6 is 0 Å². The maximum absolute atomic E-state index is 13.4. The summed E-state index contributed by atoms with van der Waals surface area (Å²) < 4.78 is 29.3. The third-order valence-electron chi connectivity index (χ3n) is 6.19. The third-order valence-corrected chi connectivity index (χ3v) is 7.69. The molecule has 0 saturated heterocycles. The molecule has 6 heteroatoms. The zero-order chi connectivity index (χ0) is 25.9. The van der Waals surface area contributed by atoms with Gasteiger partial charge in [-0.15, -0.1) is 0 Å². The topological polar surface area (TPSA) is 75.3 Å². The second-order valence-corrected chi connectivity index (χ2v) is 10.8. The van der Waals surface area contributed by atoms with Crippen molar-refractivity contribution in [3.05, 3.63) is 130 Å². The predicted octanol–water partition coefficient (Wildman–Crippen LogP) is 6.24. The average Bonchev–Trinajstić information content (AvgIpc) is 2.85. The highest BCUT2D eigenvalue weighted by molar-refractivity contribution is 7.92. The van der Waals surface area contributed by atoms with E-state index in [1.807, 2.05) is 87.5 Å². The zero-order valence-corrected chi connectivity index (χ0v) is 21.7. The molecule has 184 valence electrons. The van der Waals surface area contributed by atoms with Gasteiger partial charge in [0, 0.05) is 5.56 Å². The van der Waals surface area contributed by atoms with Gasteiger partial charge in [0.15, 0.2) is 0 Å². The minimum absolute atomic E-state index is 0.0710. The molecule has 0 aliphatic heterocycles. The SMILES string of the molecule is Cc1ccc([C@H](NC(=O)c2ccc(C)c(S(=O)(=O)Nc3ccc(C)cc3C)c2)c2ccccc2)cc1. The van der Waals surface area contributed by atoms with Gasteiger partial charge in [0.2, 0.25) is 0 Å². The summed E-state index contributed by atoms with van der Waals surface area (Å²) in [5.41, 5.74) is 6.22. The van der Waals surface area contributed by atoms with Gasteiger partial charge in [0.25, 0.3) is 15.9 Å². The molecule has 36 heavy (non-hydrogen) atoms. The molecule has 0 spiro atoms. The van der Waals surface area contributed by atoms with Crippen molar-refractivity contribution in [2.45, 2.75) is 38.6 Å². The van der Waals surface area contributed by atoms with Gasteiger partial charge >= 0.3 is 0 Å². The molecule has 2 N–H and O–H groups in total. The molecule has 4 aromatic rings. The Morgan fingerprint density at radius 3 is 2.00 bits per heavy atom. The first kappa shape index (κ1) is 25.2. The second-order valence-electron chi connectivity index (χ2n) is 9.13. The monoisotopic (exact) mass is 498 g/mol. The van der Waals surface area contributed by atoms with Gasteiger partial charge in [-0.25, -0.2) is 8.42 Å². The fourth-order valence-electron chi connectivity index (χ4n) is 4.14. The van der Waals surface area contributed by atoms with Gasteiger partial charge < -0.3 is 5.32 Å². The molecule has 4 rings (SSSR count). The van der Waals surface area contributed by atoms with Crippen LogP contribution in [0.25, 0.3) is 0 Å². The summed E-state index contributed by atoms with van der Waals surface area (Å²) in [6.07, 6.45) is 0. The number of rotatable bonds is 7. The van der Waals surface area contributed by atoms with E-state index in [1.165, 1.54) is 6.07 Å². The highest BCUT2D eigenvalue weighted by Crippen LogP contribution is 2.26. The molecular formula is C30H30N2O3S. The average molecular weight is 499 g/mol. The Labute approximate surface area is 213 Å². The van der Waals surface area contributed by atoms with Crippen LogP contribution in [0.15, 0.2) is 95.9 Å². The summed E-state index contributed by atoms with van der Waals surface area (Å²) in [5, 5.41) is 3.09. The summed E-state index contributed by atoms with van der Waals surface area (Å²) in [6, 6.07) is 27.6. The Balaban J connectivity index is 1.65. The number of hydrogen-bond acceptors (Lipinski definition) is 3. The van der Waals surface area contributed by atoms with Crippen LogP contribution < -0.4 is 10.0 Å². The molecule has 0 aromatic heterocycles. The maximum Gasteiger partial charge on any atom is 0.262 e. The molecule has 0 aliphatic carbocycles. The lowest BCUT2D eigenvalue weighted by molar-refractivity contribution is 0.0942. The number of aryl methyl sites for hydroxylation is 4. The number of carbonyl (C=O) groups excluding carboxylic acids is 1. The molecule has 0 saturated carbocycles. The summed E-state index contributed by atoms with van der Waals surface area (Å²) in [5.74, 6) is -0.354. The van der Waals surface area contributed by atoms with Crippen LogP contribution in [0.2, 0.25) is 0 Å². The number of carbonyl (C=O) groups is 1. The summed E-state index contributed by atoms with van der Waals surface area (Å²) in [7, 11) is -3.90. The van der Waals surface area contributed by atoms with Crippen LogP contribution in [0.3, 0.4) is 0 Å². The molecule has 0 bridgehead atoms. The van der Waals surface area contributed by atoms with E-state index in [4.69, 9.17) is 0 Å². The minimum atomic E-state index is -3.90. The van der Waals surface area contributed by atoms with Crippen LogP contribution in [0.4, 0.5) is 5.69 Å². The quantitative estimate of drug-likeness (QED) is 0.317. The third kappa shape index (κ3) is 5.66. The van der Waals surface area contributed by atoms with Gasteiger partial charge in [-0.2, -0.15) is 0 Å². The van der Waals surface area contributed by atoms with Crippen molar-refractivity contribution in [1.82, 2.24) is 5.32 Å². The van der Waals surface area contributed by atoms with E-state index in [0.717, 1.165) is 27.8 Å². The van der Waals surface area contributed by atoms with Crippen LogP contribution in [0.5, 0.6) is 0 Å². The first-order chi connectivity index (χ1) is 17.1. The Bertz CT molecular complexity index is 1500. The lowest BCUT2D eigenvalue weighted by Crippen LogP contribution is -2.29. The summed E-state index contributed by atoms with van der Waals surface area (Å²) in [4.78, 5) is 13.5. The highest BCUT2D eigenvalue weighted by atomic mass is 32.2. The second kappa shape index (κ2) is 10.4. The van der Waals surface area contributed by atoms with Crippen molar-refractivity contribution in [2.75, 3.05) is 4.72 Å². The summed E-state index contributed by atoms with van der Waals surface area (Å²) >= 11 is 0. The highest BCUT2D eigenvalue weighted by Gasteiger charge is 2.22. The maximum atomic E-state index is 13.4.